The van der Waals surface area contributed by atoms with Gasteiger partial charge in [0.25, 0.3) is 0 Å². The fourth-order valence-corrected chi connectivity index (χ4v) is 1.58. The lowest BCUT2D eigenvalue weighted by atomic mass is 10.1. The second-order valence-corrected chi connectivity index (χ2v) is 4.59. The summed E-state index contributed by atoms with van der Waals surface area (Å²) in [7, 11) is 1.86. The Bertz CT molecular complexity index is 358. The van der Waals surface area contributed by atoms with Gasteiger partial charge in [-0.1, -0.05) is 29.8 Å². The van der Waals surface area contributed by atoms with Crippen molar-refractivity contribution in [2.45, 2.75) is 39.7 Å². The first-order valence-corrected chi connectivity index (χ1v) is 5.82. The molecule has 0 aromatic heterocycles. The second kappa shape index (κ2) is 5.69. The average molecular weight is 219 g/mol. The maximum absolute atomic E-state index is 11.8. The Labute approximate surface area is 98.3 Å². The number of carbonyl (C=O) groups is 1. The molecule has 0 aliphatic heterocycles. The smallest absolute Gasteiger partial charge is 0.222 e. The van der Waals surface area contributed by atoms with Crippen LogP contribution >= 0.6 is 0 Å². The monoisotopic (exact) mass is 219 g/mol. The van der Waals surface area contributed by atoms with Crippen LogP contribution < -0.4 is 0 Å². The zero-order chi connectivity index (χ0) is 12.1. The van der Waals surface area contributed by atoms with Crippen LogP contribution in [0.15, 0.2) is 24.3 Å². The number of hydrogen-bond acceptors (Lipinski definition) is 1. The molecule has 2 nitrogen and oxygen atoms in total. The summed E-state index contributed by atoms with van der Waals surface area (Å²) in [6.45, 7) is 6.14. The van der Waals surface area contributed by atoms with E-state index in [2.05, 4.69) is 25.1 Å². The molecule has 1 aromatic rings. The van der Waals surface area contributed by atoms with Crippen LogP contribution in [0.25, 0.3) is 0 Å². The zero-order valence-corrected chi connectivity index (χ0v) is 10.7. The summed E-state index contributed by atoms with van der Waals surface area (Å²) in [5.41, 5.74) is 2.49. The molecule has 1 aromatic carbocycles. The van der Waals surface area contributed by atoms with Crippen molar-refractivity contribution in [2.24, 2.45) is 0 Å². The topological polar surface area (TPSA) is 20.3 Å². The fourth-order valence-electron chi connectivity index (χ4n) is 1.58. The van der Waals surface area contributed by atoms with E-state index in [4.69, 9.17) is 0 Å². The summed E-state index contributed by atoms with van der Waals surface area (Å²) >= 11 is 0. The Kier molecular flexibility index (Phi) is 4.53. The lowest BCUT2D eigenvalue weighted by molar-refractivity contribution is -0.131. The van der Waals surface area contributed by atoms with E-state index in [0.29, 0.717) is 6.42 Å². The van der Waals surface area contributed by atoms with Gasteiger partial charge in [0, 0.05) is 19.5 Å². The fraction of sp³-hybridized carbons (Fsp3) is 0.500. The molecule has 0 saturated carbocycles. The van der Waals surface area contributed by atoms with E-state index in [1.807, 2.05) is 27.0 Å². The van der Waals surface area contributed by atoms with Crippen LogP contribution in [0.2, 0.25) is 0 Å². The van der Waals surface area contributed by atoms with Gasteiger partial charge in [0.1, 0.15) is 0 Å². The predicted molar refractivity (Wildman–Crippen MR) is 67.4 cm³/mol. The first-order valence-electron chi connectivity index (χ1n) is 5.82. The predicted octanol–water partition coefficient (Wildman–Crippen LogP) is 2.79. The highest BCUT2D eigenvalue weighted by atomic mass is 16.2. The largest absolute Gasteiger partial charge is 0.343 e. The second-order valence-electron chi connectivity index (χ2n) is 4.59. The Morgan fingerprint density at radius 3 is 2.62 bits per heavy atom. The maximum Gasteiger partial charge on any atom is 0.222 e. The van der Waals surface area contributed by atoms with Gasteiger partial charge in [-0.2, -0.15) is 0 Å². The quantitative estimate of drug-likeness (QED) is 0.762. The Morgan fingerprint density at radius 2 is 2.06 bits per heavy atom. The number of aryl methyl sites for hydroxylation is 2. The van der Waals surface area contributed by atoms with Crippen LogP contribution in [-0.2, 0) is 11.2 Å². The van der Waals surface area contributed by atoms with Crippen molar-refractivity contribution >= 4 is 5.91 Å². The van der Waals surface area contributed by atoms with Gasteiger partial charge in [0.05, 0.1) is 0 Å². The summed E-state index contributed by atoms with van der Waals surface area (Å²) in [6.07, 6.45) is 1.43. The molecule has 2 heteroatoms. The standard InChI is InChI=1S/C14H21NO/c1-11(2)15(4)14(16)9-8-13-7-5-6-12(3)10-13/h5-7,10-11H,8-9H2,1-4H3. The summed E-state index contributed by atoms with van der Waals surface area (Å²) in [5, 5.41) is 0. The van der Waals surface area contributed by atoms with Gasteiger partial charge < -0.3 is 4.90 Å². The van der Waals surface area contributed by atoms with Crippen LogP contribution in [0, 0.1) is 6.92 Å². The summed E-state index contributed by atoms with van der Waals surface area (Å²) in [4.78, 5) is 13.6. The molecule has 0 radical (unpaired) electrons. The van der Waals surface area contributed by atoms with E-state index in [0.717, 1.165) is 6.42 Å². The molecule has 0 unspecified atom stereocenters. The molecule has 0 aliphatic rings. The molecule has 0 fully saturated rings. The van der Waals surface area contributed by atoms with E-state index in [1.165, 1.54) is 11.1 Å². The third-order valence-corrected chi connectivity index (χ3v) is 2.88. The van der Waals surface area contributed by atoms with Crippen LogP contribution in [0.4, 0.5) is 0 Å². The third-order valence-electron chi connectivity index (χ3n) is 2.88. The minimum atomic E-state index is 0.219. The summed E-state index contributed by atoms with van der Waals surface area (Å²) in [5.74, 6) is 0.219. The zero-order valence-electron chi connectivity index (χ0n) is 10.7. The number of carbonyl (C=O) groups excluding carboxylic acids is 1. The van der Waals surface area contributed by atoms with Gasteiger partial charge in [-0.15, -0.1) is 0 Å². The van der Waals surface area contributed by atoms with Crippen molar-refractivity contribution in [3.8, 4) is 0 Å². The van der Waals surface area contributed by atoms with Crippen molar-refractivity contribution in [3.63, 3.8) is 0 Å². The number of benzene rings is 1. The minimum absolute atomic E-state index is 0.219. The molecular formula is C14H21NO. The highest BCUT2D eigenvalue weighted by Crippen LogP contribution is 2.08. The number of rotatable bonds is 4. The van der Waals surface area contributed by atoms with Crippen molar-refractivity contribution in [2.75, 3.05) is 7.05 Å². The molecule has 16 heavy (non-hydrogen) atoms. The van der Waals surface area contributed by atoms with E-state index in [1.54, 1.807) is 4.90 Å². The maximum atomic E-state index is 11.8. The Hall–Kier alpha value is -1.31. The van der Waals surface area contributed by atoms with E-state index in [-0.39, 0.29) is 11.9 Å². The van der Waals surface area contributed by atoms with Crippen molar-refractivity contribution < 1.29 is 4.79 Å². The van der Waals surface area contributed by atoms with Gasteiger partial charge >= 0.3 is 0 Å². The first-order chi connectivity index (χ1) is 7.50. The van der Waals surface area contributed by atoms with Gasteiger partial charge in [0.2, 0.25) is 5.91 Å². The number of amides is 1. The van der Waals surface area contributed by atoms with E-state index >= 15 is 0 Å². The van der Waals surface area contributed by atoms with Gasteiger partial charge in [-0.25, -0.2) is 0 Å². The molecule has 88 valence electrons. The van der Waals surface area contributed by atoms with Gasteiger partial charge in [-0.05, 0) is 32.8 Å². The van der Waals surface area contributed by atoms with Crippen LogP contribution in [0.5, 0.6) is 0 Å². The van der Waals surface area contributed by atoms with Crippen molar-refractivity contribution in [1.29, 1.82) is 0 Å². The lowest BCUT2D eigenvalue weighted by Crippen LogP contribution is -2.33. The molecule has 0 spiro atoms. The lowest BCUT2D eigenvalue weighted by Gasteiger charge is -2.21. The highest BCUT2D eigenvalue weighted by molar-refractivity contribution is 5.76. The molecule has 1 rings (SSSR count). The highest BCUT2D eigenvalue weighted by Gasteiger charge is 2.11. The SMILES string of the molecule is Cc1cccc(CCC(=O)N(C)C(C)C)c1. The van der Waals surface area contributed by atoms with E-state index in [9.17, 15) is 4.79 Å². The number of hydrogen-bond donors (Lipinski definition) is 0. The molecule has 0 aliphatic carbocycles. The number of nitrogens with zero attached hydrogens (tertiary/aromatic N) is 1. The minimum Gasteiger partial charge on any atom is -0.343 e. The van der Waals surface area contributed by atoms with Crippen LogP contribution in [0.1, 0.15) is 31.4 Å². The van der Waals surface area contributed by atoms with E-state index < -0.39 is 0 Å². The summed E-state index contributed by atoms with van der Waals surface area (Å²) < 4.78 is 0. The van der Waals surface area contributed by atoms with Gasteiger partial charge in [-0.3, -0.25) is 4.79 Å². The molecular weight excluding hydrogens is 198 g/mol. The Balaban J connectivity index is 2.49. The molecule has 0 saturated heterocycles. The van der Waals surface area contributed by atoms with Crippen LogP contribution in [0.3, 0.4) is 0 Å². The molecule has 1 amide bonds. The molecule has 0 atom stereocenters. The Morgan fingerprint density at radius 1 is 1.38 bits per heavy atom. The normalized spacial score (nSPS) is 10.6. The summed E-state index contributed by atoms with van der Waals surface area (Å²) in [6, 6.07) is 8.62. The molecule has 0 bridgehead atoms. The first kappa shape index (κ1) is 12.8. The van der Waals surface area contributed by atoms with Crippen molar-refractivity contribution in [3.05, 3.63) is 35.4 Å². The molecule has 0 N–H and O–H groups in total. The average Bonchev–Trinajstić information content (AvgIpc) is 2.24. The third kappa shape index (κ3) is 3.69. The van der Waals surface area contributed by atoms with Gasteiger partial charge in [0.15, 0.2) is 0 Å². The van der Waals surface area contributed by atoms with Crippen molar-refractivity contribution in [1.82, 2.24) is 4.90 Å². The van der Waals surface area contributed by atoms with Crippen LogP contribution in [-0.4, -0.2) is 23.9 Å². The molecule has 0 heterocycles.